The average Bonchev–Trinajstić information content (AvgIpc) is 2.85. The predicted molar refractivity (Wildman–Crippen MR) is 140 cm³/mol. The summed E-state index contributed by atoms with van der Waals surface area (Å²) in [5.41, 5.74) is 0.956. The van der Waals surface area contributed by atoms with E-state index in [9.17, 15) is 4.79 Å². The van der Waals surface area contributed by atoms with Gasteiger partial charge in [0.25, 0.3) is 0 Å². The number of hydrogen-bond donors (Lipinski definition) is 0. The van der Waals surface area contributed by atoms with Crippen molar-refractivity contribution in [3.05, 3.63) is 59.1 Å². The summed E-state index contributed by atoms with van der Waals surface area (Å²) in [6.45, 7) is 5.62. The molecule has 0 aliphatic carbocycles. The fourth-order valence-corrected chi connectivity index (χ4v) is 3.91. The molecule has 0 amide bonds. The summed E-state index contributed by atoms with van der Waals surface area (Å²) in [6, 6.07) is 15.3. The second-order valence-electron chi connectivity index (χ2n) is 8.73. The summed E-state index contributed by atoms with van der Waals surface area (Å²) in [6.07, 6.45) is 12.4. The number of rotatable bonds is 18. The van der Waals surface area contributed by atoms with E-state index in [4.69, 9.17) is 25.8 Å². The van der Waals surface area contributed by atoms with Gasteiger partial charge in [-0.05, 0) is 68.7 Å². The summed E-state index contributed by atoms with van der Waals surface area (Å²) in [5, 5.41) is 0.742. The van der Waals surface area contributed by atoms with Gasteiger partial charge in [-0.1, -0.05) is 75.1 Å². The molecule has 0 saturated carbocycles. The molecule has 2 rings (SSSR count). The van der Waals surface area contributed by atoms with E-state index in [0.717, 1.165) is 48.1 Å². The highest BCUT2D eigenvalue weighted by Gasteiger charge is 2.16. The van der Waals surface area contributed by atoms with Crippen molar-refractivity contribution in [3.63, 3.8) is 0 Å². The van der Waals surface area contributed by atoms with E-state index < -0.39 is 0 Å². The smallest absolute Gasteiger partial charge is 0.313 e. The van der Waals surface area contributed by atoms with E-state index in [1.807, 2.05) is 62.4 Å². The molecule has 0 saturated heterocycles. The molecule has 4 nitrogen and oxygen atoms in total. The molecule has 188 valence electrons. The van der Waals surface area contributed by atoms with Gasteiger partial charge < -0.3 is 14.2 Å². The summed E-state index contributed by atoms with van der Waals surface area (Å²) in [4.78, 5) is 11.8. The monoisotopic (exact) mass is 488 g/mol. The topological polar surface area (TPSA) is 44.8 Å². The van der Waals surface area contributed by atoms with E-state index in [1.54, 1.807) is 0 Å². The van der Waals surface area contributed by atoms with Crippen LogP contribution in [0.4, 0.5) is 0 Å². The molecule has 0 N–H and O–H groups in total. The van der Waals surface area contributed by atoms with Crippen molar-refractivity contribution in [2.75, 3.05) is 19.8 Å². The zero-order chi connectivity index (χ0) is 24.4. The summed E-state index contributed by atoms with van der Waals surface area (Å²) in [7, 11) is 0. The van der Waals surface area contributed by atoms with Gasteiger partial charge in [-0.3, -0.25) is 4.79 Å². The highest BCUT2D eigenvalue weighted by atomic mass is 35.5. The SMILES string of the molecule is CCOC(=O)C(C)c1ccc(OCCCCCCCCCCCCOc2ccc(Cl)cc2)cc1. The van der Waals surface area contributed by atoms with Gasteiger partial charge in [0.05, 0.1) is 25.7 Å². The van der Waals surface area contributed by atoms with Crippen LogP contribution in [0.25, 0.3) is 0 Å². The Morgan fingerprint density at radius 2 is 1.12 bits per heavy atom. The molecule has 0 aliphatic rings. The number of ether oxygens (including phenoxy) is 3. The molecule has 0 spiro atoms. The van der Waals surface area contributed by atoms with Crippen molar-refractivity contribution in [1.82, 2.24) is 0 Å². The first-order valence-electron chi connectivity index (χ1n) is 12.9. The molecule has 2 aromatic carbocycles. The molecule has 0 radical (unpaired) electrons. The molecule has 1 atom stereocenters. The average molecular weight is 489 g/mol. The van der Waals surface area contributed by atoms with Gasteiger partial charge in [0.1, 0.15) is 11.5 Å². The van der Waals surface area contributed by atoms with Crippen LogP contribution in [0.5, 0.6) is 11.5 Å². The normalized spacial score (nSPS) is 11.7. The predicted octanol–water partition coefficient (Wildman–Crippen LogP) is 8.37. The van der Waals surface area contributed by atoms with Gasteiger partial charge in [0, 0.05) is 5.02 Å². The minimum absolute atomic E-state index is 0.184. The van der Waals surface area contributed by atoms with Crippen LogP contribution in [-0.2, 0) is 9.53 Å². The lowest BCUT2D eigenvalue weighted by atomic mass is 10.0. The molecule has 5 heteroatoms. The van der Waals surface area contributed by atoms with Crippen molar-refractivity contribution >= 4 is 17.6 Å². The number of esters is 1. The van der Waals surface area contributed by atoms with Gasteiger partial charge in [-0.2, -0.15) is 0 Å². The number of benzene rings is 2. The Hall–Kier alpha value is -2.20. The maximum Gasteiger partial charge on any atom is 0.313 e. The van der Waals surface area contributed by atoms with Crippen molar-refractivity contribution in [1.29, 1.82) is 0 Å². The Bertz CT molecular complexity index is 789. The molecular weight excluding hydrogens is 448 g/mol. The van der Waals surface area contributed by atoms with Crippen LogP contribution in [-0.4, -0.2) is 25.8 Å². The van der Waals surface area contributed by atoms with E-state index in [-0.39, 0.29) is 11.9 Å². The first kappa shape index (κ1) is 28.0. The number of halogens is 1. The van der Waals surface area contributed by atoms with E-state index in [2.05, 4.69) is 0 Å². The van der Waals surface area contributed by atoms with Crippen LogP contribution < -0.4 is 9.47 Å². The Balaban J connectivity index is 1.38. The van der Waals surface area contributed by atoms with Gasteiger partial charge in [-0.25, -0.2) is 0 Å². The van der Waals surface area contributed by atoms with Crippen molar-refractivity contribution < 1.29 is 19.0 Å². The van der Waals surface area contributed by atoms with E-state index >= 15 is 0 Å². The maximum atomic E-state index is 11.8. The lowest BCUT2D eigenvalue weighted by Crippen LogP contribution is -2.12. The molecular formula is C29H41ClO4. The van der Waals surface area contributed by atoms with E-state index in [1.165, 1.54) is 51.4 Å². The third-order valence-electron chi connectivity index (χ3n) is 5.91. The third-order valence-corrected chi connectivity index (χ3v) is 6.16. The van der Waals surface area contributed by atoms with Gasteiger partial charge in [-0.15, -0.1) is 0 Å². The van der Waals surface area contributed by atoms with E-state index in [0.29, 0.717) is 6.61 Å². The molecule has 0 aromatic heterocycles. The van der Waals surface area contributed by atoms with Crippen LogP contribution in [0.2, 0.25) is 5.02 Å². The largest absolute Gasteiger partial charge is 0.494 e. The van der Waals surface area contributed by atoms with Gasteiger partial charge in [0.2, 0.25) is 0 Å². The number of carbonyl (C=O) groups is 1. The minimum Gasteiger partial charge on any atom is -0.494 e. The Labute approximate surface area is 210 Å². The minimum atomic E-state index is -0.247. The van der Waals surface area contributed by atoms with Crippen LogP contribution >= 0.6 is 11.6 Å². The fraction of sp³-hybridized carbons (Fsp3) is 0.552. The third kappa shape index (κ3) is 11.8. The first-order chi connectivity index (χ1) is 16.6. The highest BCUT2D eigenvalue weighted by Crippen LogP contribution is 2.21. The maximum absolute atomic E-state index is 11.8. The molecule has 0 fully saturated rings. The summed E-state index contributed by atoms with van der Waals surface area (Å²) >= 11 is 5.88. The van der Waals surface area contributed by atoms with Gasteiger partial charge in [0.15, 0.2) is 0 Å². The van der Waals surface area contributed by atoms with Crippen molar-refractivity contribution in [3.8, 4) is 11.5 Å². The van der Waals surface area contributed by atoms with Crippen LogP contribution in [0, 0.1) is 0 Å². The Morgan fingerprint density at radius 3 is 1.56 bits per heavy atom. The zero-order valence-corrected chi connectivity index (χ0v) is 21.7. The molecule has 0 aliphatic heterocycles. The molecule has 34 heavy (non-hydrogen) atoms. The number of unbranched alkanes of at least 4 members (excludes halogenated alkanes) is 9. The van der Waals surface area contributed by atoms with Crippen LogP contribution in [0.3, 0.4) is 0 Å². The first-order valence-corrected chi connectivity index (χ1v) is 13.3. The molecule has 0 heterocycles. The lowest BCUT2D eigenvalue weighted by Gasteiger charge is -2.12. The quantitative estimate of drug-likeness (QED) is 0.156. The van der Waals surface area contributed by atoms with Gasteiger partial charge >= 0.3 is 5.97 Å². The zero-order valence-electron chi connectivity index (χ0n) is 20.9. The van der Waals surface area contributed by atoms with Crippen LogP contribution in [0.1, 0.15) is 89.5 Å². The van der Waals surface area contributed by atoms with Crippen molar-refractivity contribution in [2.24, 2.45) is 0 Å². The van der Waals surface area contributed by atoms with Crippen LogP contribution in [0.15, 0.2) is 48.5 Å². The Kier molecular flexibility index (Phi) is 14.2. The molecule has 1 unspecified atom stereocenters. The summed E-state index contributed by atoms with van der Waals surface area (Å²) in [5.74, 6) is 1.32. The number of carbonyl (C=O) groups excluding carboxylic acids is 1. The standard InChI is InChI=1S/C29H41ClO4/c1-3-32-29(31)24(2)25-14-18-27(19-15-25)33-22-12-10-8-6-4-5-7-9-11-13-23-34-28-20-16-26(30)17-21-28/h14-21,24H,3-13,22-23H2,1-2H3. The second-order valence-corrected chi connectivity index (χ2v) is 9.17. The fourth-order valence-electron chi connectivity index (χ4n) is 3.79. The van der Waals surface area contributed by atoms with Crippen molar-refractivity contribution in [2.45, 2.75) is 84.0 Å². The second kappa shape index (κ2) is 17.3. The summed E-state index contributed by atoms with van der Waals surface area (Å²) < 4.78 is 16.6. The number of hydrogen-bond acceptors (Lipinski definition) is 4. The lowest BCUT2D eigenvalue weighted by molar-refractivity contribution is -0.144. The highest BCUT2D eigenvalue weighted by molar-refractivity contribution is 6.30. The Morgan fingerprint density at radius 1 is 0.706 bits per heavy atom. The molecule has 2 aromatic rings. The molecule has 0 bridgehead atoms.